The average molecular weight is 404 g/mol. The van der Waals surface area contributed by atoms with Gasteiger partial charge in [0.1, 0.15) is 12.4 Å². The molecule has 0 fully saturated rings. The number of carbonyl (C=O) groups excluding carboxylic acids is 1. The highest BCUT2D eigenvalue weighted by Gasteiger charge is 2.31. The summed E-state index contributed by atoms with van der Waals surface area (Å²) in [4.78, 5) is 14.9. The minimum absolute atomic E-state index is 0.0361. The normalized spacial score (nSPS) is 14.3. The molecule has 0 bridgehead atoms. The van der Waals surface area contributed by atoms with Crippen molar-refractivity contribution in [2.75, 3.05) is 11.4 Å². The van der Waals surface area contributed by atoms with E-state index in [0.717, 1.165) is 34.5 Å². The number of fused-ring (bicyclic) bond motifs is 1. The van der Waals surface area contributed by atoms with E-state index in [1.54, 1.807) is 0 Å². The summed E-state index contributed by atoms with van der Waals surface area (Å²) in [6.07, 6.45) is 2.84. The first-order valence-corrected chi connectivity index (χ1v) is 10.1. The summed E-state index contributed by atoms with van der Waals surface area (Å²) in [7, 11) is 0. The van der Waals surface area contributed by atoms with Crippen LogP contribution in [0, 0.1) is 0 Å². The molecule has 4 rings (SSSR count). The molecule has 3 aromatic carbocycles. The summed E-state index contributed by atoms with van der Waals surface area (Å²) < 4.78 is 6.06. The SMILES string of the molecule is CCCN1C(=O)/C(=C\c2ccccc2OCc2ccccc2Cl)c2ccccc21. The van der Waals surface area contributed by atoms with E-state index in [4.69, 9.17) is 16.3 Å². The number of nitrogens with zero attached hydrogens (tertiary/aromatic N) is 1. The molecule has 0 unspecified atom stereocenters. The molecule has 0 aromatic heterocycles. The molecule has 1 aliphatic rings. The van der Waals surface area contributed by atoms with Gasteiger partial charge >= 0.3 is 0 Å². The lowest BCUT2D eigenvalue weighted by Crippen LogP contribution is -2.26. The van der Waals surface area contributed by atoms with Crippen LogP contribution in [0.2, 0.25) is 5.02 Å². The van der Waals surface area contributed by atoms with Crippen LogP contribution in [0.15, 0.2) is 72.8 Å². The number of carbonyl (C=O) groups is 1. The molecule has 1 heterocycles. The van der Waals surface area contributed by atoms with Crippen LogP contribution in [-0.2, 0) is 11.4 Å². The third-order valence-electron chi connectivity index (χ3n) is 4.97. The molecule has 146 valence electrons. The second-order valence-corrected chi connectivity index (χ2v) is 7.36. The van der Waals surface area contributed by atoms with Crippen LogP contribution < -0.4 is 9.64 Å². The van der Waals surface area contributed by atoms with Crippen LogP contribution in [0.25, 0.3) is 11.6 Å². The van der Waals surface area contributed by atoms with Crippen LogP contribution in [0.4, 0.5) is 5.69 Å². The first-order valence-electron chi connectivity index (χ1n) is 9.77. The van der Waals surface area contributed by atoms with Gasteiger partial charge in [-0.3, -0.25) is 4.79 Å². The maximum absolute atomic E-state index is 13.1. The zero-order chi connectivity index (χ0) is 20.2. The van der Waals surface area contributed by atoms with E-state index < -0.39 is 0 Å². The minimum atomic E-state index is 0.0361. The van der Waals surface area contributed by atoms with Crippen molar-refractivity contribution in [2.24, 2.45) is 0 Å². The Morgan fingerprint density at radius 1 is 0.966 bits per heavy atom. The lowest BCUT2D eigenvalue weighted by Gasteiger charge is -2.15. The topological polar surface area (TPSA) is 29.5 Å². The van der Waals surface area contributed by atoms with Crippen LogP contribution >= 0.6 is 11.6 Å². The molecule has 1 aliphatic heterocycles. The lowest BCUT2D eigenvalue weighted by molar-refractivity contribution is -0.113. The average Bonchev–Trinajstić information content (AvgIpc) is 3.00. The van der Waals surface area contributed by atoms with Gasteiger partial charge in [-0.15, -0.1) is 0 Å². The molecule has 29 heavy (non-hydrogen) atoms. The monoisotopic (exact) mass is 403 g/mol. The van der Waals surface area contributed by atoms with Crippen molar-refractivity contribution in [3.05, 3.63) is 94.5 Å². The van der Waals surface area contributed by atoms with Crippen molar-refractivity contribution in [1.29, 1.82) is 0 Å². The molecule has 3 nitrogen and oxygen atoms in total. The zero-order valence-electron chi connectivity index (χ0n) is 16.3. The predicted octanol–water partition coefficient (Wildman–Crippen LogP) is 6.22. The first kappa shape index (κ1) is 19.3. The number of para-hydroxylation sites is 2. The van der Waals surface area contributed by atoms with Gasteiger partial charge < -0.3 is 9.64 Å². The summed E-state index contributed by atoms with van der Waals surface area (Å²) in [5, 5.41) is 0.679. The Balaban J connectivity index is 1.67. The summed E-state index contributed by atoms with van der Waals surface area (Å²) in [6, 6.07) is 23.3. The number of rotatable bonds is 6. The van der Waals surface area contributed by atoms with E-state index in [1.165, 1.54) is 0 Å². The molecule has 0 radical (unpaired) electrons. The van der Waals surface area contributed by atoms with Crippen LogP contribution in [0.3, 0.4) is 0 Å². The molecule has 4 heteroatoms. The summed E-state index contributed by atoms with van der Waals surface area (Å²) in [5.74, 6) is 0.757. The highest BCUT2D eigenvalue weighted by Crippen LogP contribution is 2.38. The summed E-state index contributed by atoms with van der Waals surface area (Å²) >= 11 is 6.25. The van der Waals surface area contributed by atoms with E-state index in [2.05, 4.69) is 6.92 Å². The second-order valence-electron chi connectivity index (χ2n) is 6.95. The van der Waals surface area contributed by atoms with Gasteiger partial charge in [0.05, 0.1) is 5.69 Å². The minimum Gasteiger partial charge on any atom is -0.488 e. The fourth-order valence-corrected chi connectivity index (χ4v) is 3.74. The lowest BCUT2D eigenvalue weighted by atomic mass is 10.0. The Morgan fingerprint density at radius 3 is 2.52 bits per heavy atom. The van der Waals surface area contributed by atoms with E-state index in [0.29, 0.717) is 23.7 Å². The number of amides is 1. The van der Waals surface area contributed by atoms with Crippen molar-refractivity contribution in [1.82, 2.24) is 0 Å². The van der Waals surface area contributed by atoms with E-state index in [1.807, 2.05) is 83.8 Å². The number of benzene rings is 3. The fraction of sp³-hybridized carbons (Fsp3) is 0.160. The fourth-order valence-electron chi connectivity index (χ4n) is 3.55. The van der Waals surface area contributed by atoms with Crippen LogP contribution in [-0.4, -0.2) is 12.5 Å². The molecular formula is C25H22ClNO2. The van der Waals surface area contributed by atoms with Gasteiger partial charge in [-0.25, -0.2) is 0 Å². The molecule has 0 atom stereocenters. The molecule has 0 N–H and O–H groups in total. The number of hydrogen-bond donors (Lipinski definition) is 0. The van der Waals surface area contributed by atoms with Gasteiger partial charge in [0.2, 0.25) is 0 Å². The van der Waals surface area contributed by atoms with Gasteiger partial charge in [-0.2, -0.15) is 0 Å². The van der Waals surface area contributed by atoms with E-state index in [-0.39, 0.29) is 5.91 Å². The third-order valence-corrected chi connectivity index (χ3v) is 5.34. The Hall–Kier alpha value is -3.04. The van der Waals surface area contributed by atoms with E-state index >= 15 is 0 Å². The van der Waals surface area contributed by atoms with Gasteiger partial charge in [-0.05, 0) is 30.7 Å². The summed E-state index contributed by atoms with van der Waals surface area (Å²) in [5.41, 5.74) is 4.43. The van der Waals surface area contributed by atoms with Gasteiger partial charge in [0.15, 0.2) is 0 Å². The molecule has 3 aromatic rings. The first-order chi connectivity index (χ1) is 14.2. The number of hydrogen-bond acceptors (Lipinski definition) is 2. The Labute approximate surface area is 176 Å². The van der Waals surface area contributed by atoms with Crippen molar-refractivity contribution < 1.29 is 9.53 Å². The number of halogens is 1. The number of ether oxygens (including phenoxy) is 1. The Kier molecular flexibility index (Phi) is 5.68. The molecule has 0 aliphatic carbocycles. The smallest absolute Gasteiger partial charge is 0.258 e. The van der Waals surface area contributed by atoms with Crippen molar-refractivity contribution >= 4 is 34.8 Å². The Bertz CT molecular complexity index is 1070. The molecule has 0 spiro atoms. The highest BCUT2D eigenvalue weighted by atomic mass is 35.5. The van der Waals surface area contributed by atoms with E-state index in [9.17, 15) is 4.79 Å². The summed E-state index contributed by atoms with van der Waals surface area (Å²) in [6.45, 7) is 3.15. The highest BCUT2D eigenvalue weighted by molar-refractivity contribution is 6.36. The van der Waals surface area contributed by atoms with Crippen molar-refractivity contribution in [3.8, 4) is 5.75 Å². The maximum Gasteiger partial charge on any atom is 0.258 e. The van der Waals surface area contributed by atoms with Gasteiger partial charge in [0, 0.05) is 33.8 Å². The maximum atomic E-state index is 13.1. The second kappa shape index (κ2) is 8.54. The van der Waals surface area contributed by atoms with Crippen molar-refractivity contribution in [2.45, 2.75) is 20.0 Å². The molecule has 1 amide bonds. The quantitative estimate of drug-likeness (QED) is 0.457. The molecular weight excluding hydrogens is 382 g/mol. The number of anilines is 1. The van der Waals surface area contributed by atoms with Gasteiger partial charge in [-0.1, -0.05) is 73.1 Å². The Morgan fingerprint density at radius 2 is 1.69 bits per heavy atom. The molecule has 0 saturated heterocycles. The molecule has 0 saturated carbocycles. The van der Waals surface area contributed by atoms with Crippen LogP contribution in [0.5, 0.6) is 5.75 Å². The largest absolute Gasteiger partial charge is 0.488 e. The van der Waals surface area contributed by atoms with Gasteiger partial charge in [0.25, 0.3) is 5.91 Å². The third kappa shape index (κ3) is 3.92. The van der Waals surface area contributed by atoms with Crippen LogP contribution in [0.1, 0.15) is 30.0 Å². The standard InChI is InChI=1S/C25H22ClNO2/c1-2-15-27-23-13-7-5-11-20(23)21(25(27)28)16-18-9-4-8-14-24(18)29-17-19-10-3-6-12-22(19)26/h3-14,16H,2,15,17H2,1H3/b21-16-. The van der Waals surface area contributed by atoms with Crippen molar-refractivity contribution in [3.63, 3.8) is 0 Å². The predicted molar refractivity (Wildman–Crippen MR) is 119 cm³/mol. The zero-order valence-corrected chi connectivity index (χ0v) is 17.0.